The SMILES string of the molecule is Cc1cc([C@H](N)CC#N)cnc1N. The molecule has 0 saturated heterocycles. The van der Waals surface area contributed by atoms with Crippen molar-refractivity contribution in [1.29, 1.82) is 5.26 Å². The van der Waals surface area contributed by atoms with Crippen LogP contribution in [0.25, 0.3) is 0 Å². The van der Waals surface area contributed by atoms with Crippen LogP contribution >= 0.6 is 0 Å². The molecule has 4 heteroatoms. The van der Waals surface area contributed by atoms with Crippen molar-refractivity contribution < 1.29 is 0 Å². The quantitative estimate of drug-likeness (QED) is 0.700. The summed E-state index contributed by atoms with van der Waals surface area (Å²) < 4.78 is 0. The van der Waals surface area contributed by atoms with Crippen molar-refractivity contribution in [3.63, 3.8) is 0 Å². The molecule has 1 aromatic rings. The Morgan fingerprint density at radius 1 is 1.69 bits per heavy atom. The third-order valence-corrected chi connectivity index (χ3v) is 1.88. The predicted molar refractivity (Wildman–Crippen MR) is 50.5 cm³/mol. The molecule has 0 amide bonds. The average Bonchev–Trinajstić information content (AvgIpc) is 2.10. The van der Waals surface area contributed by atoms with Gasteiger partial charge in [-0.15, -0.1) is 0 Å². The van der Waals surface area contributed by atoms with E-state index < -0.39 is 0 Å². The Balaban J connectivity index is 2.91. The molecule has 68 valence electrons. The van der Waals surface area contributed by atoms with E-state index in [2.05, 4.69) is 4.98 Å². The molecule has 0 unspecified atom stereocenters. The second kappa shape index (κ2) is 3.87. The lowest BCUT2D eigenvalue weighted by atomic mass is 10.1. The minimum Gasteiger partial charge on any atom is -0.383 e. The van der Waals surface area contributed by atoms with E-state index in [1.54, 1.807) is 6.20 Å². The van der Waals surface area contributed by atoms with Crippen LogP contribution in [0.1, 0.15) is 23.6 Å². The fraction of sp³-hybridized carbons (Fsp3) is 0.333. The van der Waals surface area contributed by atoms with Crippen molar-refractivity contribution >= 4 is 5.82 Å². The third kappa shape index (κ3) is 2.17. The van der Waals surface area contributed by atoms with E-state index in [1.807, 2.05) is 19.1 Å². The topological polar surface area (TPSA) is 88.7 Å². The van der Waals surface area contributed by atoms with Crippen LogP contribution in [-0.4, -0.2) is 4.98 Å². The molecule has 0 fully saturated rings. The van der Waals surface area contributed by atoms with Crippen molar-refractivity contribution in [1.82, 2.24) is 4.98 Å². The molecule has 0 bridgehead atoms. The fourth-order valence-corrected chi connectivity index (χ4v) is 1.03. The summed E-state index contributed by atoms with van der Waals surface area (Å²) in [4.78, 5) is 3.97. The highest BCUT2D eigenvalue weighted by molar-refractivity contribution is 5.40. The highest BCUT2D eigenvalue weighted by Crippen LogP contribution is 2.16. The number of rotatable bonds is 2. The van der Waals surface area contributed by atoms with Gasteiger partial charge >= 0.3 is 0 Å². The average molecular weight is 176 g/mol. The van der Waals surface area contributed by atoms with Gasteiger partial charge in [-0.1, -0.05) is 0 Å². The van der Waals surface area contributed by atoms with Gasteiger partial charge in [0.05, 0.1) is 12.5 Å². The van der Waals surface area contributed by atoms with Crippen LogP contribution in [0.3, 0.4) is 0 Å². The van der Waals surface area contributed by atoms with Crippen molar-refractivity contribution in [2.24, 2.45) is 5.73 Å². The first kappa shape index (κ1) is 9.49. The Morgan fingerprint density at radius 3 is 2.92 bits per heavy atom. The molecule has 1 heterocycles. The van der Waals surface area contributed by atoms with Gasteiger partial charge in [0.15, 0.2) is 0 Å². The number of hydrogen-bond donors (Lipinski definition) is 2. The van der Waals surface area contributed by atoms with Crippen LogP contribution in [0.2, 0.25) is 0 Å². The molecule has 1 atom stereocenters. The van der Waals surface area contributed by atoms with Crippen LogP contribution in [-0.2, 0) is 0 Å². The van der Waals surface area contributed by atoms with Gasteiger partial charge < -0.3 is 11.5 Å². The zero-order valence-electron chi connectivity index (χ0n) is 7.49. The maximum Gasteiger partial charge on any atom is 0.126 e. The summed E-state index contributed by atoms with van der Waals surface area (Å²) in [5, 5.41) is 8.45. The molecule has 1 rings (SSSR count). The van der Waals surface area contributed by atoms with Crippen LogP contribution < -0.4 is 11.5 Å². The Kier molecular flexibility index (Phi) is 2.83. The van der Waals surface area contributed by atoms with Crippen LogP contribution in [0.5, 0.6) is 0 Å². The van der Waals surface area contributed by atoms with Gasteiger partial charge in [-0.2, -0.15) is 5.26 Å². The van der Waals surface area contributed by atoms with Gasteiger partial charge in [-0.3, -0.25) is 0 Å². The number of nitrogen functional groups attached to an aromatic ring is 1. The molecule has 13 heavy (non-hydrogen) atoms. The van der Waals surface area contributed by atoms with Crippen molar-refractivity contribution in [2.75, 3.05) is 5.73 Å². The lowest BCUT2D eigenvalue weighted by Gasteiger charge is -2.08. The first-order valence-corrected chi connectivity index (χ1v) is 3.99. The van der Waals surface area contributed by atoms with Gasteiger partial charge in [-0.05, 0) is 24.1 Å². The van der Waals surface area contributed by atoms with E-state index >= 15 is 0 Å². The van der Waals surface area contributed by atoms with Crippen molar-refractivity contribution in [3.05, 3.63) is 23.4 Å². The number of aromatic nitrogens is 1. The molecule has 0 aliphatic carbocycles. The van der Waals surface area contributed by atoms with E-state index in [-0.39, 0.29) is 6.04 Å². The Morgan fingerprint density at radius 2 is 2.38 bits per heavy atom. The second-order valence-corrected chi connectivity index (χ2v) is 2.94. The standard InChI is InChI=1S/C9H12N4/c1-6-4-7(5-13-9(6)12)8(11)2-3-10/h4-5,8H,2,11H2,1H3,(H2,12,13)/t8-/m1/s1. The molecular weight excluding hydrogens is 164 g/mol. The molecule has 0 saturated carbocycles. The molecule has 1 aromatic heterocycles. The molecule has 4 nitrogen and oxygen atoms in total. The molecular formula is C9H12N4. The number of aryl methyl sites for hydroxylation is 1. The van der Waals surface area contributed by atoms with E-state index in [0.29, 0.717) is 12.2 Å². The van der Waals surface area contributed by atoms with Crippen LogP contribution in [0.15, 0.2) is 12.3 Å². The largest absolute Gasteiger partial charge is 0.383 e. The van der Waals surface area contributed by atoms with E-state index in [0.717, 1.165) is 11.1 Å². The summed E-state index contributed by atoms with van der Waals surface area (Å²) in [7, 11) is 0. The van der Waals surface area contributed by atoms with Crippen LogP contribution in [0, 0.1) is 18.3 Å². The van der Waals surface area contributed by atoms with Crippen molar-refractivity contribution in [3.8, 4) is 6.07 Å². The molecule has 4 N–H and O–H groups in total. The summed E-state index contributed by atoms with van der Waals surface area (Å²) in [6.45, 7) is 1.87. The fourth-order valence-electron chi connectivity index (χ4n) is 1.03. The zero-order chi connectivity index (χ0) is 9.84. The van der Waals surface area contributed by atoms with Gasteiger partial charge in [0.2, 0.25) is 0 Å². The third-order valence-electron chi connectivity index (χ3n) is 1.88. The summed E-state index contributed by atoms with van der Waals surface area (Å²) in [5.74, 6) is 0.507. The maximum atomic E-state index is 8.45. The Hall–Kier alpha value is -1.60. The Labute approximate surface area is 77.2 Å². The van der Waals surface area contributed by atoms with Gasteiger partial charge in [0, 0.05) is 12.2 Å². The lowest BCUT2D eigenvalue weighted by molar-refractivity contribution is 0.743. The first-order chi connectivity index (χ1) is 6.15. The van der Waals surface area contributed by atoms with E-state index in [4.69, 9.17) is 16.7 Å². The number of nitriles is 1. The summed E-state index contributed by atoms with van der Waals surface area (Å²) in [6, 6.07) is 3.61. The highest BCUT2D eigenvalue weighted by atomic mass is 14.8. The summed E-state index contributed by atoms with van der Waals surface area (Å²) in [5.41, 5.74) is 13.0. The summed E-state index contributed by atoms with van der Waals surface area (Å²) >= 11 is 0. The van der Waals surface area contributed by atoms with Crippen molar-refractivity contribution in [2.45, 2.75) is 19.4 Å². The first-order valence-electron chi connectivity index (χ1n) is 3.99. The summed E-state index contributed by atoms with van der Waals surface area (Å²) in [6.07, 6.45) is 1.91. The highest BCUT2D eigenvalue weighted by Gasteiger charge is 2.06. The Bertz CT molecular complexity index is 340. The molecule has 0 spiro atoms. The number of pyridine rings is 1. The number of nitrogens with two attached hydrogens (primary N) is 2. The predicted octanol–water partition coefficient (Wildman–Crippen LogP) is 0.886. The van der Waals surface area contributed by atoms with Gasteiger partial charge in [0.1, 0.15) is 5.82 Å². The van der Waals surface area contributed by atoms with Gasteiger partial charge in [0.25, 0.3) is 0 Å². The normalized spacial score (nSPS) is 12.1. The molecule has 0 aliphatic rings. The molecule has 0 aliphatic heterocycles. The number of nitrogens with zero attached hydrogens (tertiary/aromatic N) is 2. The minimum atomic E-state index is -0.267. The zero-order valence-corrected chi connectivity index (χ0v) is 7.49. The minimum absolute atomic E-state index is 0.267. The number of hydrogen-bond acceptors (Lipinski definition) is 4. The maximum absolute atomic E-state index is 8.45. The molecule has 0 radical (unpaired) electrons. The van der Waals surface area contributed by atoms with E-state index in [1.165, 1.54) is 0 Å². The molecule has 0 aromatic carbocycles. The monoisotopic (exact) mass is 176 g/mol. The smallest absolute Gasteiger partial charge is 0.126 e. The van der Waals surface area contributed by atoms with Gasteiger partial charge in [-0.25, -0.2) is 4.98 Å². The van der Waals surface area contributed by atoms with Crippen LogP contribution in [0.4, 0.5) is 5.82 Å². The lowest BCUT2D eigenvalue weighted by Crippen LogP contribution is -2.10. The van der Waals surface area contributed by atoms with E-state index in [9.17, 15) is 0 Å². The number of anilines is 1. The second-order valence-electron chi connectivity index (χ2n) is 2.94.